The van der Waals surface area contributed by atoms with Crippen LogP contribution < -0.4 is 13.1 Å². The van der Waals surface area contributed by atoms with Gasteiger partial charge in [0, 0.05) is 0 Å². The quantitative estimate of drug-likeness (QED) is 0.381. The van der Waals surface area contributed by atoms with E-state index in [2.05, 4.69) is 54.6 Å². The summed E-state index contributed by atoms with van der Waals surface area (Å²) in [4.78, 5) is 1.80. The molecule has 0 bridgehead atoms. The van der Waals surface area contributed by atoms with Crippen LogP contribution in [0.3, 0.4) is 0 Å². The molecule has 0 aromatic heterocycles. The second-order valence-corrected chi connectivity index (χ2v) is 13.6. The van der Waals surface area contributed by atoms with Crippen LogP contribution in [-0.2, 0) is 16.3 Å². The number of rotatable bonds is 3. The molecule has 0 fully saturated rings. The summed E-state index contributed by atoms with van der Waals surface area (Å²) in [6.45, 7) is 0.445. The van der Waals surface area contributed by atoms with Crippen molar-refractivity contribution in [3.8, 4) is 0 Å². The Kier molecular flexibility index (Phi) is 4.87. The predicted molar refractivity (Wildman–Crippen MR) is 121 cm³/mol. The van der Waals surface area contributed by atoms with Gasteiger partial charge >= 0.3 is 177 Å². The Hall–Kier alpha value is -2.61. The van der Waals surface area contributed by atoms with Crippen LogP contribution in [0.15, 0.2) is 123 Å². The van der Waals surface area contributed by atoms with Gasteiger partial charge in [0.05, 0.1) is 0 Å². The van der Waals surface area contributed by atoms with E-state index in [1.807, 2.05) is 54.6 Å². The van der Waals surface area contributed by atoms with Gasteiger partial charge in [0.1, 0.15) is 0 Å². The zero-order valence-corrected chi connectivity index (χ0v) is 18.5. The third-order valence-corrected chi connectivity index (χ3v) is 13.5. The fourth-order valence-corrected chi connectivity index (χ4v) is 13.2. The molecule has 0 atom stereocenters. The minimum absolute atomic E-state index is 0.445. The number of benzene rings is 4. The number of hydrogen-bond donors (Lipinski definition) is 0. The van der Waals surface area contributed by atoms with Crippen molar-refractivity contribution < 1.29 is 4.21 Å². The van der Waals surface area contributed by atoms with Crippen LogP contribution in [-0.4, -0.2) is 18.9 Å². The monoisotopic (exact) mass is 457 g/mol. The van der Waals surface area contributed by atoms with Gasteiger partial charge in [-0.3, -0.25) is 0 Å². The Morgan fingerprint density at radius 3 is 1.69 bits per heavy atom. The first-order chi connectivity index (χ1) is 14.3. The molecule has 5 rings (SSSR count). The standard InChI is InChI=1S/C25H20AsNOS/c28-29(27-19-20-11-3-1-4-12-20)24-17-9-7-15-22(24)26(21-13-5-2-6-14-21)23-16-8-10-18-25(23)29/h1-18H,19H2. The first kappa shape index (κ1) is 18.4. The molecule has 0 saturated carbocycles. The van der Waals surface area contributed by atoms with E-state index in [1.165, 1.54) is 13.1 Å². The van der Waals surface area contributed by atoms with Crippen molar-refractivity contribution in [1.29, 1.82) is 0 Å². The van der Waals surface area contributed by atoms with E-state index in [-0.39, 0.29) is 0 Å². The van der Waals surface area contributed by atoms with Crippen molar-refractivity contribution >= 4 is 37.4 Å². The van der Waals surface area contributed by atoms with E-state index in [0.29, 0.717) is 6.54 Å². The molecule has 0 amide bonds. The van der Waals surface area contributed by atoms with E-state index in [9.17, 15) is 4.21 Å². The van der Waals surface area contributed by atoms with Crippen LogP contribution in [0.25, 0.3) is 0 Å². The van der Waals surface area contributed by atoms with Crippen LogP contribution >= 0.6 is 0 Å². The van der Waals surface area contributed by atoms with Crippen molar-refractivity contribution in [3.63, 3.8) is 0 Å². The first-order valence-electron chi connectivity index (χ1n) is 9.57. The topological polar surface area (TPSA) is 29.4 Å². The Morgan fingerprint density at radius 1 is 0.621 bits per heavy atom. The van der Waals surface area contributed by atoms with Gasteiger partial charge < -0.3 is 0 Å². The number of hydrogen-bond acceptors (Lipinski definition) is 2. The van der Waals surface area contributed by atoms with E-state index in [0.717, 1.165) is 15.4 Å². The molecule has 1 aliphatic heterocycles. The molecule has 4 heteroatoms. The third kappa shape index (κ3) is 3.25. The van der Waals surface area contributed by atoms with Crippen LogP contribution in [0.2, 0.25) is 0 Å². The molecule has 0 aliphatic carbocycles. The SMILES string of the molecule is O=S1(=NCc2ccccc2)c2ccccc2[As](c2ccccc2)c2ccccc21. The van der Waals surface area contributed by atoms with Crippen molar-refractivity contribution in [2.24, 2.45) is 4.36 Å². The zero-order chi connectivity index (χ0) is 19.7. The summed E-state index contributed by atoms with van der Waals surface area (Å²) in [6, 6.07) is 37.2. The Morgan fingerprint density at radius 2 is 1.10 bits per heavy atom. The Balaban J connectivity index is 1.76. The molecule has 0 spiro atoms. The van der Waals surface area contributed by atoms with Crippen molar-refractivity contribution in [2.75, 3.05) is 0 Å². The molecule has 0 saturated heterocycles. The zero-order valence-electron chi connectivity index (χ0n) is 15.8. The minimum atomic E-state index is -2.69. The number of fused-ring (bicyclic) bond motifs is 2. The molecule has 29 heavy (non-hydrogen) atoms. The van der Waals surface area contributed by atoms with Gasteiger partial charge in [-0.2, -0.15) is 0 Å². The Bertz CT molecular complexity index is 1220. The fourth-order valence-electron chi connectivity index (χ4n) is 3.74. The first-order valence-corrected chi connectivity index (χ1v) is 13.9. The molecule has 1 aliphatic rings. The molecule has 142 valence electrons. The molecular weight excluding hydrogens is 437 g/mol. The molecule has 1 heterocycles. The van der Waals surface area contributed by atoms with Crippen molar-refractivity contribution in [2.45, 2.75) is 16.3 Å². The van der Waals surface area contributed by atoms with Gasteiger partial charge in [-0.05, 0) is 0 Å². The normalized spacial score (nSPS) is 19.8. The second kappa shape index (κ2) is 7.66. The average molecular weight is 457 g/mol. The van der Waals surface area contributed by atoms with Gasteiger partial charge in [-0.15, -0.1) is 0 Å². The van der Waals surface area contributed by atoms with Crippen molar-refractivity contribution in [3.05, 3.63) is 115 Å². The van der Waals surface area contributed by atoms with Crippen LogP contribution in [0, 0.1) is 0 Å². The summed E-state index contributed by atoms with van der Waals surface area (Å²) >= 11 is -1.79. The molecule has 4 aromatic rings. The third-order valence-electron chi connectivity index (χ3n) is 5.09. The molecule has 0 N–H and O–H groups in total. The van der Waals surface area contributed by atoms with E-state index < -0.39 is 24.4 Å². The average Bonchev–Trinajstić information content (AvgIpc) is 2.80. The second-order valence-electron chi connectivity index (χ2n) is 6.91. The number of nitrogens with zero attached hydrogens (tertiary/aromatic N) is 1. The summed E-state index contributed by atoms with van der Waals surface area (Å²) < 4.78 is 23.1. The molecule has 0 radical (unpaired) electrons. The van der Waals surface area contributed by atoms with Crippen LogP contribution in [0.1, 0.15) is 5.56 Å². The van der Waals surface area contributed by atoms with E-state index in [4.69, 9.17) is 4.36 Å². The predicted octanol–water partition coefficient (Wildman–Crippen LogP) is 3.60. The fraction of sp³-hybridized carbons (Fsp3) is 0.0400. The summed E-state index contributed by atoms with van der Waals surface area (Å²) in [5.74, 6) is 0. The molecule has 2 nitrogen and oxygen atoms in total. The van der Waals surface area contributed by atoms with E-state index >= 15 is 0 Å². The van der Waals surface area contributed by atoms with Gasteiger partial charge in [-0.25, -0.2) is 0 Å². The summed E-state index contributed by atoms with van der Waals surface area (Å²) in [6.07, 6.45) is 0. The summed E-state index contributed by atoms with van der Waals surface area (Å²) in [5.41, 5.74) is 1.08. The van der Waals surface area contributed by atoms with Crippen LogP contribution in [0.5, 0.6) is 0 Å². The maximum absolute atomic E-state index is 14.5. The van der Waals surface area contributed by atoms with Gasteiger partial charge in [0.2, 0.25) is 0 Å². The Labute approximate surface area is 176 Å². The molecule has 0 unspecified atom stereocenters. The van der Waals surface area contributed by atoms with E-state index in [1.54, 1.807) is 0 Å². The van der Waals surface area contributed by atoms with Gasteiger partial charge in [0.15, 0.2) is 0 Å². The summed E-state index contributed by atoms with van der Waals surface area (Å²) in [7, 11) is -2.69. The molecule has 4 aromatic carbocycles. The molecular formula is C25H20AsNOS. The van der Waals surface area contributed by atoms with Gasteiger partial charge in [-0.1, -0.05) is 0 Å². The maximum atomic E-state index is 14.5. The summed E-state index contributed by atoms with van der Waals surface area (Å²) in [5, 5.41) is 0. The van der Waals surface area contributed by atoms with Crippen LogP contribution in [0.4, 0.5) is 0 Å². The van der Waals surface area contributed by atoms with Gasteiger partial charge in [0.25, 0.3) is 0 Å². The van der Waals surface area contributed by atoms with Crippen molar-refractivity contribution in [1.82, 2.24) is 0 Å².